The summed E-state index contributed by atoms with van der Waals surface area (Å²) in [6, 6.07) is 0. The van der Waals surface area contributed by atoms with Gasteiger partial charge in [0.05, 0.1) is 0 Å². The molecule has 0 bridgehead atoms. The first-order chi connectivity index (χ1) is 32.0. The van der Waals surface area contributed by atoms with Crippen LogP contribution in [0.25, 0.3) is 0 Å². The van der Waals surface area contributed by atoms with Crippen molar-refractivity contribution in [2.45, 2.75) is 29.7 Å². The molecule has 0 aromatic carbocycles. The topological polar surface area (TPSA) is 0 Å². The molecule has 0 aromatic rings. The first kappa shape index (κ1) is 285. The molecule has 0 radical (unpaired) electrons. The van der Waals surface area contributed by atoms with Gasteiger partial charge in [0.1, 0.15) is 0 Å². The third-order valence-corrected chi connectivity index (χ3v) is 0. The maximum atomic E-state index is 1.25. The van der Waals surface area contributed by atoms with Crippen molar-refractivity contribution in [3.05, 3.63) is 0 Å². The van der Waals surface area contributed by atoms with Gasteiger partial charge in [-0.25, -0.2) is 0 Å². The molecule has 66 heteroatoms. The Morgan fingerprint density at radius 3 is 0.0714 bits per heavy atom. The molecule has 0 spiro atoms. The van der Waals surface area contributed by atoms with Crippen molar-refractivity contribution in [2.75, 3.05) is 0 Å². The normalized spacial score (nSPS) is 3.66. The third-order valence-electron chi connectivity index (χ3n) is 0. The molecule has 0 aliphatic rings. The van der Waals surface area contributed by atoms with Gasteiger partial charge in [0.2, 0.25) is 0 Å². The monoisotopic (exact) mass is 2640 g/mol. The van der Waals surface area contributed by atoms with Crippen LogP contribution in [-0.4, -0.2) is 2020 Å². The summed E-state index contributed by atoms with van der Waals surface area (Å²) in [5, 5.41) is 0. The Kier molecular flexibility index (Phi) is 1910. The van der Waals surface area contributed by atoms with Gasteiger partial charge in [-0.1, -0.05) is 29.7 Å². The zero-order valence-electron chi connectivity index (χ0n) is 68.0. The van der Waals surface area contributed by atoms with E-state index in [9.17, 15) is 0 Å². The Hall–Kier alpha value is 108. The van der Waals surface area contributed by atoms with Crippen LogP contribution in [0.2, 0.25) is 0 Å². The van der Waals surface area contributed by atoms with E-state index in [4.69, 9.17) is 0 Å². The van der Waals surface area contributed by atoms with Gasteiger partial charge < -0.3 is 2.85 Å². The van der Waals surface area contributed by atoms with Crippen LogP contribution in [0.15, 0.2) is 0 Å². The molecule has 0 rings (SSSR count). The van der Waals surface area contributed by atoms with Crippen molar-refractivity contribution >= 4 is 2020 Å². The molecule has 0 unspecified atom stereocenters. The maximum absolute atomic E-state index is 1.25. The summed E-state index contributed by atoms with van der Waals surface area (Å²) < 4.78 is 0. The van der Waals surface area contributed by atoms with Crippen LogP contribution in [0.1, 0.15) is 32.6 Å². The SMILES string of the molecule is C.C.C.C.[H-].[H-].[K+].[K+].[K][K].[K][K].[K][K].[K][K].[K][K].[K][K].[K][K].[K][K].[K][K].[K][K].[K][K].[K][K].[K][K].[K][K].[K][K].[K][K].[K][K].[K][K].[K][K].[K][K].[K][K].[K][K].[K][K].[K][K].[K][K].[K][K].[K][K].[K][K].[K][K].[K][K].[K][K].[K][K]. The fourth-order valence-corrected chi connectivity index (χ4v) is 0. The van der Waals surface area contributed by atoms with Crippen molar-refractivity contribution < 1.29 is 106 Å². The van der Waals surface area contributed by atoms with E-state index >= 15 is 0 Å². The average Bonchev–Trinajstić information content (AvgIpc) is 3.55. The molecule has 0 aromatic heterocycles. The molecule has 0 nitrogen and oxygen atoms in total. The minimum atomic E-state index is 0. The van der Waals surface area contributed by atoms with Crippen molar-refractivity contribution in [1.82, 2.24) is 0 Å². The number of rotatable bonds is 0. The first-order valence-electron chi connectivity index (χ1n) is 32.0. The quantitative estimate of drug-likeness (QED) is 0.212. The van der Waals surface area contributed by atoms with Crippen LogP contribution in [0, 0.1) is 0 Å². The summed E-state index contributed by atoms with van der Waals surface area (Å²) in [5.74, 6) is 0. The number of hydrogen-bond acceptors (Lipinski definition) is 0. The predicted molar refractivity (Wildman–Crippen MR) is 397 cm³/mol. The van der Waals surface area contributed by atoms with E-state index in [1.807, 2.05) is 0 Å². The molecule has 0 aliphatic heterocycles. The summed E-state index contributed by atoms with van der Waals surface area (Å²) in [7, 11) is 0. The van der Waals surface area contributed by atoms with Crippen molar-refractivity contribution in [1.29, 1.82) is 0 Å². The summed E-state index contributed by atoms with van der Waals surface area (Å²) >= 11 is 80.0. The van der Waals surface area contributed by atoms with Crippen LogP contribution < -0.4 is 103 Å². The Morgan fingerprint density at radius 1 is 0.0714 bits per heavy atom. The van der Waals surface area contributed by atoms with E-state index in [0.717, 1.165) is 0 Å². The van der Waals surface area contributed by atoms with Gasteiger partial charge in [-0.3, -0.25) is 0 Å². The van der Waals surface area contributed by atoms with E-state index in [-0.39, 0.29) is 135 Å². The zero-order chi connectivity index (χ0) is 64.0. The van der Waals surface area contributed by atoms with Crippen LogP contribution >= 0.6 is 0 Å². The van der Waals surface area contributed by atoms with Crippen molar-refractivity contribution in [3.8, 4) is 0 Å². The van der Waals surface area contributed by atoms with Crippen LogP contribution in [0.5, 0.6) is 0 Å². The molecule has 0 fully saturated rings. The zero-order valence-corrected chi connectivity index (χ0v) is 272. The average molecular weight is 2650 g/mol. The fraction of sp³-hybridized carbons (Fsp3) is 1.00. The van der Waals surface area contributed by atoms with E-state index < -0.39 is 0 Å². The Balaban J connectivity index is -0.00000000385. The van der Waals surface area contributed by atoms with E-state index in [1.54, 1.807) is 0 Å². The summed E-state index contributed by atoms with van der Waals surface area (Å²) in [4.78, 5) is 0. The molecule has 0 N–H and O–H groups in total. The number of hydrogen-bond donors (Lipinski definition) is 0. The molecular formula is C4H18K66. The fourth-order valence-electron chi connectivity index (χ4n) is 0. The van der Waals surface area contributed by atoms with E-state index in [2.05, 4.69) is 0 Å². The second kappa shape index (κ2) is 470. The first-order valence-corrected chi connectivity index (χ1v) is 544. The molecule has 0 saturated heterocycles. The van der Waals surface area contributed by atoms with Gasteiger partial charge in [0.25, 0.3) is 0 Å². The van der Waals surface area contributed by atoms with Crippen LogP contribution in [0.3, 0.4) is 0 Å². The van der Waals surface area contributed by atoms with Gasteiger partial charge in [-0.05, 0) is 0 Å². The van der Waals surface area contributed by atoms with Crippen LogP contribution in [0.4, 0.5) is 0 Å². The summed E-state index contributed by atoms with van der Waals surface area (Å²) in [5.41, 5.74) is 0. The van der Waals surface area contributed by atoms with E-state index in [1.165, 1.54) is 2020 Å². The molecular weight excluding hydrogens is 2630 g/mol. The molecule has 0 aliphatic carbocycles. The molecule has 100 valence electrons. The molecule has 0 amide bonds. The third kappa shape index (κ3) is 462. The minimum absolute atomic E-state index is 0. The Labute approximate surface area is 2000 Å². The molecule has 0 atom stereocenters. The van der Waals surface area contributed by atoms with Crippen molar-refractivity contribution in [2.24, 2.45) is 0 Å². The standard InChI is InChI=1S/4CH4.66K.2H/h4*1H4;;;;;;;;;;;;;;;;;;;;;;;;;;;;;;;;;;;;;;;;;;;;;;;;;;;;;;;;;;;;;;;;;;;;/q;;;;;;;;;;;;;;;;;;;;;;;;;;;;;;;;;;;;;;;;;;;;;;;;;;;;;;;;;;;;;;;;;;;;2*+1;2*-1. The predicted octanol–water partition coefficient (Wildman–Crippen LogP) is -27.6. The Morgan fingerprint density at radius 2 is 0.0714 bits per heavy atom. The van der Waals surface area contributed by atoms with Crippen molar-refractivity contribution in [3.63, 3.8) is 0 Å². The van der Waals surface area contributed by atoms with Gasteiger partial charge in [0.15, 0.2) is 0 Å². The molecule has 70 heavy (non-hydrogen) atoms. The van der Waals surface area contributed by atoms with Crippen LogP contribution in [-0.2, 0) is 0 Å². The summed E-state index contributed by atoms with van der Waals surface area (Å²) in [6.07, 6.45) is 0. The van der Waals surface area contributed by atoms with Gasteiger partial charge in [0, 0.05) is 0 Å². The van der Waals surface area contributed by atoms with E-state index in [0.29, 0.717) is 0 Å². The molecule has 0 saturated carbocycles. The van der Waals surface area contributed by atoms with Gasteiger partial charge in [-0.2, -0.15) is 0 Å². The second-order valence-corrected chi connectivity index (χ2v) is 0. The second-order valence-electron chi connectivity index (χ2n) is 0. The summed E-state index contributed by atoms with van der Waals surface area (Å²) in [6.45, 7) is 0. The van der Waals surface area contributed by atoms with Gasteiger partial charge in [-0.15, -0.1) is 0 Å². The molecule has 0 heterocycles. The Bertz CT molecular complexity index is 35.3. The van der Waals surface area contributed by atoms with Gasteiger partial charge >= 0.3 is 2120 Å².